The quantitative estimate of drug-likeness (QED) is 0.468. The van der Waals surface area contributed by atoms with Gasteiger partial charge in [-0.05, 0) is 63.1 Å². The number of esters is 1. The molecule has 0 aliphatic carbocycles. The van der Waals surface area contributed by atoms with Crippen molar-refractivity contribution in [2.24, 2.45) is 17.8 Å². The summed E-state index contributed by atoms with van der Waals surface area (Å²) in [5.74, 6) is -3.15. The fourth-order valence-corrected chi connectivity index (χ4v) is 6.94. The molecule has 0 radical (unpaired) electrons. The van der Waals surface area contributed by atoms with Crippen molar-refractivity contribution < 1.29 is 29.0 Å². The Bertz CT molecular complexity index is 1220. The van der Waals surface area contributed by atoms with Gasteiger partial charge in [-0.1, -0.05) is 50.3 Å². The van der Waals surface area contributed by atoms with Gasteiger partial charge in [-0.2, -0.15) is 0 Å². The normalized spacial score (nSPS) is 34.3. The Hall–Kier alpha value is -2.97. The predicted molar refractivity (Wildman–Crippen MR) is 147 cm³/mol. The van der Waals surface area contributed by atoms with Crippen LogP contribution in [0.2, 0.25) is 0 Å². The summed E-state index contributed by atoms with van der Waals surface area (Å²) in [4.78, 5) is 46.0. The van der Waals surface area contributed by atoms with Crippen LogP contribution in [0.25, 0.3) is 0 Å². The van der Waals surface area contributed by atoms with Crippen molar-refractivity contribution in [1.29, 1.82) is 0 Å². The molecule has 1 spiro atoms. The van der Waals surface area contributed by atoms with Gasteiger partial charge in [0.15, 0.2) is 0 Å². The smallest absolute Gasteiger partial charge is 0.313 e. The molecule has 0 bridgehead atoms. The molecule has 2 saturated heterocycles. The van der Waals surface area contributed by atoms with Gasteiger partial charge in [0.2, 0.25) is 5.91 Å². The molecule has 39 heavy (non-hydrogen) atoms. The summed E-state index contributed by atoms with van der Waals surface area (Å²) in [7, 11) is 0. The lowest BCUT2D eigenvalue weighted by Gasteiger charge is -2.41. The topological polar surface area (TPSA) is 96.4 Å². The second-order valence-corrected chi connectivity index (χ2v) is 11.9. The van der Waals surface area contributed by atoms with Gasteiger partial charge < -0.3 is 24.4 Å². The summed E-state index contributed by atoms with van der Waals surface area (Å²) in [6.45, 7) is 9.85. The van der Waals surface area contributed by atoms with Crippen molar-refractivity contribution in [2.45, 2.75) is 77.2 Å². The minimum absolute atomic E-state index is 0.133. The highest BCUT2D eigenvalue weighted by atomic mass is 16.6. The summed E-state index contributed by atoms with van der Waals surface area (Å²) in [6.07, 6.45) is 10.0. The van der Waals surface area contributed by atoms with E-state index in [0.717, 1.165) is 36.1 Å². The number of aliphatic hydroxyl groups is 1. The standard InChI is InChI=1S/C31H40N2O6/c1-19(2)23(18-34)33-26-28(36)32(22-17-20(3)11-12-21(22)4)15-10-14-31(26)24(27(33)35)25-29(37)38-16-9-7-6-8-13-30(25,5)39-31/h8,10-14,17,19,23-26,34H,6-7,9,15-16,18H2,1-5H3/b13-8-/t23-,24-,25+,26?,30-,31-/m0/s1. The van der Waals surface area contributed by atoms with Gasteiger partial charge in [-0.25, -0.2) is 0 Å². The maximum atomic E-state index is 14.7. The number of ether oxygens (including phenoxy) is 2. The van der Waals surface area contributed by atoms with E-state index < -0.39 is 41.1 Å². The van der Waals surface area contributed by atoms with Crippen LogP contribution >= 0.6 is 0 Å². The second-order valence-electron chi connectivity index (χ2n) is 11.9. The second kappa shape index (κ2) is 10.2. The van der Waals surface area contributed by atoms with Crippen molar-refractivity contribution in [3.63, 3.8) is 0 Å². The van der Waals surface area contributed by atoms with Gasteiger partial charge in [0, 0.05) is 12.2 Å². The number of nitrogens with zero attached hydrogens (tertiary/aromatic N) is 2. The lowest BCUT2D eigenvalue weighted by molar-refractivity contribution is -0.160. The molecule has 4 heterocycles. The molecular formula is C31H40N2O6. The van der Waals surface area contributed by atoms with E-state index in [4.69, 9.17) is 9.47 Å². The van der Waals surface area contributed by atoms with E-state index >= 15 is 0 Å². The molecule has 1 N–H and O–H groups in total. The number of carbonyl (C=O) groups excluding carboxylic acids is 3. The van der Waals surface area contributed by atoms with Crippen molar-refractivity contribution in [3.05, 3.63) is 53.6 Å². The molecule has 210 valence electrons. The van der Waals surface area contributed by atoms with Crippen molar-refractivity contribution in [1.82, 2.24) is 4.90 Å². The van der Waals surface area contributed by atoms with Gasteiger partial charge in [-0.15, -0.1) is 0 Å². The zero-order valence-electron chi connectivity index (χ0n) is 23.6. The monoisotopic (exact) mass is 536 g/mol. The lowest BCUT2D eigenvalue weighted by Crippen LogP contribution is -2.59. The third kappa shape index (κ3) is 4.32. The summed E-state index contributed by atoms with van der Waals surface area (Å²) in [6, 6.07) is 4.28. The number of likely N-dealkylation sites (tertiary alicyclic amines) is 1. The largest absolute Gasteiger partial charge is 0.465 e. The number of benzene rings is 1. The van der Waals surface area contributed by atoms with Crippen LogP contribution in [0.5, 0.6) is 0 Å². The molecule has 8 nitrogen and oxygen atoms in total. The molecule has 6 atom stereocenters. The predicted octanol–water partition coefficient (Wildman–Crippen LogP) is 3.48. The maximum absolute atomic E-state index is 14.7. The van der Waals surface area contributed by atoms with Crippen LogP contribution in [0, 0.1) is 31.6 Å². The highest BCUT2D eigenvalue weighted by Crippen LogP contribution is 2.58. The summed E-state index contributed by atoms with van der Waals surface area (Å²) < 4.78 is 12.6. The Balaban J connectivity index is 1.70. The summed E-state index contributed by atoms with van der Waals surface area (Å²) >= 11 is 0. The number of cyclic esters (lactones) is 1. The molecule has 0 saturated carbocycles. The van der Waals surface area contributed by atoms with Gasteiger partial charge in [0.1, 0.15) is 17.6 Å². The number of hydrogen-bond acceptors (Lipinski definition) is 6. The minimum atomic E-state index is -1.39. The average Bonchev–Trinajstić information content (AvgIpc) is 3.21. The van der Waals surface area contributed by atoms with Crippen molar-refractivity contribution in [3.8, 4) is 0 Å². The molecule has 2 fully saturated rings. The van der Waals surface area contributed by atoms with E-state index in [2.05, 4.69) is 0 Å². The molecule has 4 aliphatic rings. The van der Waals surface area contributed by atoms with Crippen molar-refractivity contribution in [2.75, 3.05) is 24.7 Å². The molecule has 5 rings (SSSR count). The maximum Gasteiger partial charge on any atom is 0.313 e. The SMILES string of the molecule is Cc1ccc(C)c(N2CC=C[C@]34O[C@@]5(C)/C=C\CCCCOC(=O)[C@H]5[C@H]3C(=O)N([C@@H](CO)C(C)C)C4C2=O)c1. The molecule has 1 aromatic rings. The third-order valence-corrected chi connectivity index (χ3v) is 8.91. The number of carbonyl (C=O) groups is 3. The number of rotatable bonds is 4. The van der Waals surface area contributed by atoms with Crippen LogP contribution in [-0.2, 0) is 23.9 Å². The molecule has 0 aromatic heterocycles. The van der Waals surface area contributed by atoms with E-state index in [1.165, 1.54) is 4.90 Å². The lowest BCUT2D eigenvalue weighted by atomic mass is 9.74. The number of fused-ring (bicyclic) bond motifs is 2. The Morgan fingerprint density at radius 2 is 1.82 bits per heavy atom. The number of amides is 2. The molecule has 2 amide bonds. The van der Waals surface area contributed by atoms with Crippen LogP contribution in [0.1, 0.15) is 51.2 Å². The number of aryl methyl sites for hydroxylation is 2. The summed E-state index contributed by atoms with van der Waals surface area (Å²) in [5, 5.41) is 10.5. The zero-order valence-corrected chi connectivity index (χ0v) is 23.6. The molecular weight excluding hydrogens is 496 g/mol. The Morgan fingerprint density at radius 1 is 1.05 bits per heavy atom. The first-order chi connectivity index (χ1) is 18.6. The first-order valence-corrected chi connectivity index (χ1v) is 14.1. The third-order valence-electron chi connectivity index (χ3n) is 8.91. The van der Waals surface area contributed by atoms with E-state index in [-0.39, 0.29) is 30.9 Å². The van der Waals surface area contributed by atoms with Gasteiger partial charge in [-0.3, -0.25) is 14.4 Å². The number of aliphatic hydroxyl groups excluding tert-OH is 1. The first-order valence-electron chi connectivity index (χ1n) is 14.1. The average molecular weight is 537 g/mol. The van der Waals surface area contributed by atoms with E-state index in [9.17, 15) is 19.5 Å². The van der Waals surface area contributed by atoms with Gasteiger partial charge in [0.05, 0.1) is 30.8 Å². The molecule has 8 heteroatoms. The Kier molecular flexibility index (Phi) is 7.22. The van der Waals surface area contributed by atoms with Gasteiger partial charge in [0.25, 0.3) is 5.91 Å². The number of anilines is 1. The number of allylic oxidation sites excluding steroid dienone is 1. The highest BCUT2D eigenvalue weighted by molar-refractivity contribution is 6.06. The minimum Gasteiger partial charge on any atom is -0.465 e. The van der Waals surface area contributed by atoms with Crippen LogP contribution in [0.15, 0.2) is 42.5 Å². The van der Waals surface area contributed by atoms with E-state index in [0.29, 0.717) is 6.54 Å². The van der Waals surface area contributed by atoms with E-state index in [1.54, 1.807) is 4.90 Å². The summed E-state index contributed by atoms with van der Waals surface area (Å²) in [5.41, 5.74) is 0.199. The van der Waals surface area contributed by atoms with Crippen LogP contribution in [0.3, 0.4) is 0 Å². The Labute approximate surface area is 230 Å². The fraction of sp³-hybridized carbons (Fsp3) is 0.581. The van der Waals surface area contributed by atoms with Crippen LogP contribution in [-0.4, -0.2) is 70.8 Å². The number of hydrogen-bond donors (Lipinski definition) is 1. The highest BCUT2D eigenvalue weighted by Gasteiger charge is 2.75. The van der Waals surface area contributed by atoms with Crippen LogP contribution < -0.4 is 4.90 Å². The Morgan fingerprint density at radius 3 is 2.54 bits per heavy atom. The fourth-order valence-electron chi connectivity index (χ4n) is 6.94. The van der Waals surface area contributed by atoms with Crippen LogP contribution in [0.4, 0.5) is 5.69 Å². The molecule has 1 unspecified atom stereocenters. The molecule has 1 aromatic carbocycles. The first kappa shape index (κ1) is 27.6. The van der Waals surface area contributed by atoms with E-state index in [1.807, 2.05) is 77.1 Å². The zero-order chi connectivity index (χ0) is 28.1. The van der Waals surface area contributed by atoms with Gasteiger partial charge >= 0.3 is 5.97 Å². The molecule has 4 aliphatic heterocycles. The van der Waals surface area contributed by atoms with Crippen molar-refractivity contribution >= 4 is 23.5 Å².